The minimum absolute atomic E-state index is 0.100. The molecule has 0 aliphatic carbocycles. The Morgan fingerprint density at radius 3 is 2.77 bits per heavy atom. The minimum atomic E-state index is -0.444. The number of ether oxygens (including phenoxy) is 2. The van der Waals surface area contributed by atoms with Crippen LogP contribution in [-0.4, -0.2) is 53.8 Å². The molecule has 26 heavy (non-hydrogen) atoms. The van der Waals surface area contributed by atoms with Gasteiger partial charge in [0.25, 0.3) is 0 Å². The van der Waals surface area contributed by atoms with E-state index in [2.05, 4.69) is 15.5 Å². The van der Waals surface area contributed by atoms with Gasteiger partial charge in [0.05, 0.1) is 26.4 Å². The van der Waals surface area contributed by atoms with E-state index in [9.17, 15) is 4.79 Å². The molecule has 0 fully saturated rings. The second-order valence-corrected chi connectivity index (χ2v) is 6.29. The molecule has 0 saturated heterocycles. The van der Waals surface area contributed by atoms with Crippen molar-refractivity contribution < 1.29 is 14.3 Å². The molecule has 2 rings (SSSR count). The highest BCUT2D eigenvalue weighted by Crippen LogP contribution is 2.19. The number of nitrogens with zero attached hydrogens (tertiary/aromatic N) is 3. The number of carbonyl (C=O) groups is 1. The zero-order valence-electron chi connectivity index (χ0n) is 15.1. The number of benzene rings is 1. The van der Waals surface area contributed by atoms with Gasteiger partial charge in [0, 0.05) is 13.7 Å². The van der Waals surface area contributed by atoms with E-state index >= 15 is 0 Å². The molecular formula is C17H25N5O3S. The topological polar surface area (TPSA) is 104 Å². The second kappa shape index (κ2) is 10.9. The number of rotatable bonds is 11. The van der Waals surface area contributed by atoms with Crippen LogP contribution in [0.4, 0.5) is 0 Å². The van der Waals surface area contributed by atoms with Gasteiger partial charge in [-0.05, 0) is 11.8 Å². The fourth-order valence-corrected chi connectivity index (χ4v) is 2.93. The fraction of sp³-hybridized carbons (Fsp3) is 0.471. The van der Waals surface area contributed by atoms with Crippen molar-refractivity contribution in [3.63, 3.8) is 0 Å². The SMILES string of the molecule is COCCn1c(SC)nnc1C(COCc1ccccc1)NC(=O)CN. The number of amides is 1. The second-order valence-electron chi connectivity index (χ2n) is 5.51. The van der Waals surface area contributed by atoms with Crippen LogP contribution in [0.1, 0.15) is 17.4 Å². The zero-order valence-corrected chi connectivity index (χ0v) is 15.9. The third-order valence-corrected chi connectivity index (χ3v) is 4.34. The van der Waals surface area contributed by atoms with Crippen LogP contribution in [0.5, 0.6) is 0 Å². The summed E-state index contributed by atoms with van der Waals surface area (Å²) in [6.45, 7) is 1.71. The van der Waals surface area contributed by atoms with Gasteiger partial charge in [0.1, 0.15) is 6.04 Å². The average Bonchev–Trinajstić information content (AvgIpc) is 3.08. The summed E-state index contributed by atoms with van der Waals surface area (Å²) in [6.07, 6.45) is 1.93. The molecule has 142 valence electrons. The quantitative estimate of drug-likeness (QED) is 0.561. The number of hydrogen-bond donors (Lipinski definition) is 2. The van der Waals surface area contributed by atoms with E-state index in [1.165, 1.54) is 11.8 Å². The van der Waals surface area contributed by atoms with Crippen LogP contribution in [0.15, 0.2) is 35.5 Å². The Kier molecular flexibility index (Phi) is 8.56. The van der Waals surface area contributed by atoms with Gasteiger partial charge in [-0.15, -0.1) is 10.2 Å². The van der Waals surface area contributed by atoms with Crippen molar-refractivity contribution in [2.24, 2.45) is 5.73 Å². The predicted octanol–water partition coefficient (Wildman–Crippen LogP) is 0.979. The summed E-state index contributed by atoms with van der Waals surface area (Å²) in [5, 5.41) is 12.1. The number of hydrogen-bond acceptors (Lipinski definition) is 7. The zero-order chi connectivity index (χ0) is 18.8. The summed E-state index contributed by atoms with van der Waals surface area (Å²) in [5.74, 6) is 0.353. The van der Waals surface area contributed by atoms with Crippen molar-refractivity contribution in [3.8, 4) is 0 Å². The van der Waals surface area contributed by atoms with E-state index in [0.29, 0.717) is 25.6 Å². The lowest BCUT2D eigenvalue weighted by Crippen LogP contribution is -2.37. The maximum atomic E-state index is 11.9. The lowest BCUT2D eigenvalue weighted by molar-refractivity contribution is -0.121. The van der Waals surface area contributed by atoms with Gasteiger partial charge in [-0.3, -0.25) is 4.79 Å². The molecule has 1 unspecified atom stereocenters. The normalized spacial score (nSPS) is 12.1. The van der Waals surface area contributed by atoms with Crippen LogP contribution >= 0.6 is 11.8 Å². The Labute approximate surface area is 157 Å². The number of methoxy groups -OCH3 is 1. The first-order valence-electron chi connectivity index (χ1n) is 8.26. The van der Waals surface area contributed by atoms with Gasteiger partial charge < -0.3 is 25.1 Å². The first-order chi connectivity index (χ1) is 12.7. The van der Waals surface area contributed by atoms with E-state index in [-0.39, 0.29) is 19.1 Å². The maximum Gasteiger partial charge on any atom is 0.234 e. The Morgan fingerprint density at radius 2 is 2.12 bits per heavy atom. The van der Waals surface area contributed by atoms with Crippen molar-refractivity contribution in [2.75, 3.05) is 33.1 Å². The van der Waals surface area contributed by atoms with Gasteiger partial charge in [0.2, 0.25) is 5.91 Å². The highest BCUT2D eigenvalue weighted by atomic mass is 32.2. The molecule has 1 aromatic carbocycles. The molecule has 9 heteroatoms. The summed E-state index contributed by atoms with van der Waals surface area (Å²) in [7, 11) is 1.64. The molecule has 0 saturated carbocycles. The summed E-state index contributed by atoms with van der Waals surface area (Å²) < 4.78 is 12.9. The van der Waals surface area contributed by atoms with Crippen molar-refractivity contribution in [3.05, 3.63) is 41.7 Å². The van der Waals surface area contributed by atoms with Crippen LogP contribution in [0, 0.1) is 0 Å². The Balaban J connectivity index is 2.13. The van der Waals surface area contributed by atoms with Gasteiger partial charge in [0.15, 0.2) is 11.0 Å². The third-order valence-electron chi connectivity index (χ3n) is 3.68. The van der Waals surface area contributed by atoms with E-state index < -0.39 is 6.04 Å². The molecule has 0 bridgehead atoms. The van der Waals surface area contributed by atoms with E-state index in [1.54, 1.807) is 7.11 Å². The first kappa shape index (κ1) is 20.4. The van der Waals surface area contributed by atoms with Crippen LogP contribution in [0.3, 0.4) is 0 Å². The maximum absolute atomic E-state index is 11.9. The minimum Gasteiger partial charge on any atom is -0.383 e. The average molecular weight is 379 g/mol. The number of aromatic nitrogens is 3. The van der Waals surface area contributed by atoms with E-state index in [0.717, 1.165) is 10.7 Å². The monoisotopic (exact) mass is 379 g/mol. The smallest absolute Gasteiger partial charge is 0.234 e. The molecule has 1 heterocycles. The molecule has 0 aliphatic heterocycles. The molecule has 1 aromatic heterocycles. The molecule has 0 spiro atoms. The first-order valence-corrected chi connectivity index (χ1v) is 9.49. The number of thioether (sulfide) groups is 1. The highest BCUT2D eigenvalue weighted by molar-refractivity contribution is 7.98. The molecule has 1 amide bonds. The predicted molar refractivity (Wildman–Crippen MR) is 99.7 cm³/mol. The molecule has 0 radical (unpaired) electrons. The van der Waals surface area contributed by atoms with Crippen LogP contribution in [0.25, 0.3) is 0 Å². The third kappa shape index (κ3) is 5.80. The van der Waals surface area contributed by atoms with Crippen molar-refractivity contribution in [2.45, 2.75) is 24.3 Å². The lowest BCUT2D eigenvalue weighted by atomic mass is 10.2. The molecule has 8 nitrogen and oxygen atoms in total. The van der Waals surface area contributed by atoms with Crippen LogP contribution in [-0.2, 0) is 27.4 Å². The standard InChI is InChI=1S/C17H25N5O3S/c1-24-9-8-22-16(20-21-17(22)26-2)14(19-15(23)10-18)12-25-11-13-6-4-3-5-7-13/h3-7,14H,8-12,18H2,1-2H3,(H,19,23). The van der Waals surface area contributed by atoms with E-state index in [1.807, 2.05) is 41.2 Å². The Bertz CT molecular complexity index is 680. The van der Waals surface area contributed by atoms with Crippen molar-refractivity contribution >= 4 is 17.7 Å². The fourth-order valence-electron chi connectivity index (χ4n) is 2.40. The van der Waals surface area contributed by atoms with Crippen LogP contribution < -0.4 is 11.1 Å². The number of carbonyl (C=O) groups excluding carboxylic acids is 1. The summed E-state index contributed by atoms with van der Waals surface area (Å²) >= 11 is 1.49. The van der Waals surface area contributed by atoms with Crippen molar-refractivity contribution in [1.29, 1.82) is 0 Å². The summed E-state index contributed by atoms with van der Waals surface area (Å²) in [4.78, 5) is 11.9. The molecule has 2 aromatic rings. The largest absolute Gasteiger partial charge is 0.383 e. The van der Waals surface area contributed by atoms with Crippen LogP contribution in [0.2, 0.25) is 0 Å². The van der Waals surface area contributed by atoms with Gasteiger partial charge in [-0.25, -0.2) is 0 Å². The molecule has 0 aliphatic rings. The van der Waals surface area contributed by atoms with Gasteiger partial charge in [-0.1, -0.05) is 42.1 Å². The van der Waals surface area contributed by atoms with E-state index in [4.69, 9.17) is 15.2 Å². The summed E-state index contributed by atoms with van der Waals surface area (Å²) in [5.41, 5.74) is 6.51. The van der Waals surface area contributed by atoms with Crippen molar-refractivity contribution in [1.82, 2.24) is 20.1 Å². The number of nitrogens with two attached hydrogens (primary N) is 1. The Hall–Kier alpha value is -1.94. The van der Waals surface area contributed by atoms with Gasteiger partial charge in [-0.2, -0.15) is 0 Å². The molecule has 3 N–H and O–H groups in total. The lowest BCUT2D eigenvalue weighted by Gasteiger charge is -2.19. The molecule has 1 atom stereocenters. The molecular weight excluding hydrogens is 354 g/mol. The highest BCUT2D eigenvalue weighted by Gasteiger charge is 2.23. The Morgan fingerprint density at radius 1 is 1.35 bits per heavy atom. The summed E-state index contributed by atoms with van der Waals surface area (Å²) in [6, 6.07) is 9.40. The van der Waals surface area contributed by atoms with Gasteiger partial charge >= 0.3 is 0 Å². The number of nitrogens with one attached hydrogen (secondary N) is 1.